The maximum absolute atomic E-state index is 5.68. The van der Waals surface area contributed by atoms with Crippen molar-refractivity contribution in [3.05, 3.63) is 35.9 Å². The Morgan fingerprint density at radius 3 is 2.86 bits per heavy atom. The molecule has 0 fully saturated rings. The van der Waals surface area contributed by atoms with Gasteiger partial charge in [0.2, 0.25) is 0 Å². The molecule has 0 unspecified atom stereocenters. The van der Waals surface area contributed by atoms with E-state index in [1.807, 2.05) is 12.1 Å². The van der Waals surface area contributed by atoms with E-state index in [-0.39, 0.29) is 0 Å². The van der Waals surface area contributed by atoms with E-state index in [4.69, 9.17) is 5.73 Å². The number of aryl methyl sites for hydroxylation is 1. The molecule has 2 aromatic rings. The summed E-state index contributed by atoms with van der Waals surface area (Å²) in [5.41, 5.74) is 8.02. The molecule has 1 heterocycles. The maximum Gasteiger partial charge on any atom is 0.124 e. The predicted molar refractivity (Wildman–Crippen MR) is 60.2 cm³/mol. The number of aromatic nitrogens is 1. The smallest absolute Gasteiger partial charge is 0.124 e. The van der Waals surface area contributed by atoms with Crippen LogP contribution in [0, 0.1) is 0 Å². The number of anilines is 1. The van der Waals surface area contributed by atoms with Crippen LogP contribution in [0.2, 0.25) is 0 Å². The number of hydrogen-bond acceptors (Lipinski definition) is 2. The first kappa shape index (κ1) is 9.00. The summed E-state index contributed by atoms with van der Waals surface area (Å²) in [5.74, 6) is 0.598. The lowest BCUT2D eigenvalue weighted by Gasteiger charge is -2.04. The fraction of sp³-hybridized carbons (Fsp3) is 0.250. The Morgan fingerprint density at radius 2 is 2.07 bits per heavy atom. The molecule has 0 aliphatic rings. The van der Waals surface area contributed by atoms with Gasteiger partial charge in [0.15, 0.2) is 0 Å². The molecule has 0 spiro atoms. The van der Waals surface area contributed by atoms with Gasteiger partial charge in [0.1, 0.15) is 5.82 Å². The molecule has 2 heteroatoms. The quantitative estimate of drug-likeness (QED) is 0.783. The SMILES string of the molecule is CCCc1cccc2ccc(N)nc12. The van der Waals surface area contributed by atoms with Crippen molar-refractivity contribution in [3.63, 3.8) is 0 Å². The number of nitrogens with zero attached hydrogens (tertiary/aromatic N) is 1. The van der Waals surface area contributed by atoms with Crippen molar-refractivity contribution in [2.45, 2.75) is 19.8 Å². The number of nitrogens with two attached hydrogens (primary N) is 1. The monoisotopic (exact) mass is 186 g/mol. The van der Waals surface area contributed by atoms with Crippen molar-refractivity contribution in [2.75, 3.05) is 5.73 Å². The number of rotatable bonds is 2. The number of para-hydroxylation sites is 1. The molecular formula is C12H14N2. The lowest BCUT2D eigenvalue weighted by Crippen LogP contribution is -1.93. The van der Waals surface area contributed by atoms with Crippen LogP contribution in [0.5, 0.6) is 0 Å². The molecule has 2 rings (SSSR count). The van der Waals surface area contributed by atoms with Crippen LogP contribution in [0.15, 0.2) is 30.3 Å². The molecule has 0 bridgehead atoms. The van der Waals surface area contributed by atoms with E-state index >= 15 is 0 Å². The van der Waals surface area contributed by atoms with Crippen LogP contribution in [0.25, 0.3) is 10.9 Å². The van der Waals surface area contributed by atoms with Gasteiger partial charge in [0.05, 0.1) is 5.52 Å². The molecule has 2 nitrogen and oxygen atoms in total. The third-order valence-electron chi connectivity index (χ3n) is 2.34. The van der Waals surface area contributed by atoms with Gasteiger partial charge in [0, 0.05) is 5.39 Å². The van der Waals surface area contributed by atoms with Gasteiger partial charge in [-0.25, -0.2) is 4.98 Å². The fourth-order valence-corrected chi connectivity index (χ4v) is 1.69. The molecule has 0 aliphatic heterocycles. The molecule has 0 radical (unpaired) electrons. The summed E-state index contributed by atoms with van der Waals surface area (Å²) in [5, 5.41) is 1.17. The van der Waals surface area contributed by atoms with E-state index in [0.717, 1.165) is 18.4 Å². The highest BCUT2D eigenvalue weighted by Gasteiger charge is 2.01. The molecule has 72 valence electrons. The third kappa shape index (κ3) is 1.55. The third-order valence-corrected chi connectivity index (χ3v) is 2.34. The summed E-state index contributed by atoms with van der Waals surface area (Å²) in [6, 6.07) is 10.1. The van der Waals surface area contributed by atoms with Crippen molar-refractivity contribution in [1.82, 2.24) is 4.98 Å². The van der Waals surface area contributed by atoms with Gasteiger partial charge in [-0.15, -0.1) is 0 Å². The summed E-state index contributed by atoms with van der Waals surface area (Å²) in [4.78, 5) is 4.37. The molecule has 0 saturated heterocycles. The second-order valence-corrected chi connectivity index (χ2v) is 3.47. The van der Waals surface area contributed by atoms with E-state index in [0.29, 0.717) is 5.82 Å². The first-order valence-corrected chi connectivity index (χ1v) is 4.95. The fourth-order valence-electron chi connectivity index (χ4n) is 1.69. The highest BCUT2D eigenvalue weighted by molar-refractivity contribution is 5.83. The summed E-state index contributed by atoms with van der Waals surface area (Å²) in [6.07, 6.45) is 2.20. The number of pyridine rings is 1. The molecule has 14 heavy (non-hydrogen) atoms. The topological polar surface area (TPSA) is 38.9 Å². The highest BCUT2D eigenvalue weighted by Crippen LogP contribution is 2.19. The van der Waals surface area contributed by atoms with Crippen molar-refractivity contribution < 1.29 is 0 Å². The summed E-state index contributed by atoms with van der Waals surface area (Å²) in [7, 11) is 0. The van der Waals surface area contributed by atoms with E-state index in [1.165, 1.54) is 10.9 Å². The number of nitrogen functional groups attached to an aromatic ring is 1. The van der Waals surface area contributed by atoms with Crippen molar-refractivity contribution in [1.29, 1.82) is 0 Å². The molecular weight excluding hydrogens is 172 g/mol. The first-order valence-electron chi connectivity index (χ1n) is 4.95. The van der Waals surface area contributed by atoms with Gasteiger partial charge < -0.3 is 5.73 Å². The largest absolute Gasteiger partial charge is 0.384 e. The number of benzene rings is 1. The van der Waals surface area contributed by atoms with E-state index in [9.17, 15) is 0 Å². The zero-order valence-electron chi connectivity index (χ0n) is 8.33. The molecule has 1 aromatic heterocycles. The molecule has 1 aromatic carbocycles. The average molecular weight is 186 g/mol. The van der Waals surface area contributed by atoms with E-state index < -0.39 is 0 Å². The molecule has 0 amide bonds. The summed E-state index contributed by atoms with van der Waals surface area (Å²) in [6.45, 7) is 2.17. The lowest BCUT2D eigenvalue weighted by molar-refractivity contribution is 0.926. The van der Waals surface area contributed by atoms with Crippen LogP contribution in [-0.4, -0.2) is 4.98 Å². The molecule has 0 aliphatic carbocycles. The summed E-state index contributed by atoms with van der Waals surface area (Å²) < 4.78 is 0. The van der Waals surface area contributed by atoms with Crippen LogP contribution in [0.4, 0.5) is 5.82 Å². The van der Waals surface area contributed by atoms with Crippen molar-refractivity contribution in [2.24, 2.45) is 0 Å². The predicted octanol–water partition coefficient (Wildman–Crippen LogP) is 2.77. The van der Waals surface area contributed by atoms with E-state index in [2.05, 4.69) is 30.1 Å². The highest BCUT2D eigenvalue weighted by atomic mass is 14.8. The van der Waals surface area contributed by atoms with Gasteiger partial charge >= 0.3 is 0 Å². The second-order valence-electron chi connectivity index (χ2n) is 3.47. The van der Waals surface area contributed by atoms with Crippen molar-refractivity contribution >= 4 is 16.7 Å². The van der Waals surface area contributed by atoms with Crippen LogP contribution >= 0.6 is 0 Å². The van der Waals surface area contributed by atoms with Gasteiger partial charge in [-0.05, 0) is 24.1 Å². The Kier molecular flexibility index (Phi) is 2.35. The average Bonchev–Trinajstić information content (AvgIpc) is 2.19. The zero-order valence-corrected chi connectivity index (χ0v) is 8.33. The Morgan fingerprint density at radius 1 is 1.21 bits per heavy atom. The normalized spacial score (nSPS) is 10.6. The first-order chi connectivity index (χ1) is 6.81. The number of fused-ring (bicyclic) bond motifs is 1. The van der Waals surface area contributed by atoms with Gasteiger partial charge in [-0.3, -0.25) is 0 Å². The molecule has 0 atom stereocenters. The minimum Gasteiger partial charge on any atom is -0.384 e. The molecule has 2 N–H and O–H groups in total. The van der Waals surface area contributed by atoms with E-state index in [1.54, 1.807) is 0 Å². The second kappa shape index (κ2) is 3.66. The van der Waals surface area contributed by atoms with Gasteiger partial charge in [-0.1, -0.05) is 31.5 Å². The maximum atomic E-state index is 5.68. The zero-order chi connectivity index (χ0) is 9.97. The lowest BCUT2D eigenvalue weighted by atomic mass is 10.1. The van der Waals surface area contributed by atoms with Crippen LogP contribution in [0.1, 0.15) is 18.9 Å². The number of hydrogen-bond donors (Lipinski definition) is 1. The van der Waals surface area contributed by atoms with Gasteiger partial charge in [-0.2, -0.15) is 0 Å². The Hall–Kier alpha value is -1.57. The van der Waals surface area contributed by atoms with Crippen LogP contribution < -0.4 is 5.73 Å². The Labute approximate surface area is 83.8 Å². The Bertz CT molecular complexity index is 449. The summed E-state index contributed by atoms with van der Waals surface area (Å²) >= 11 is 0. The standard InChI is InChI=1S/C12H14N2/c1-2-4-9-5-3-6-10-7-8-11(13)14-12(9)10/h3,5-8H,2,4H2,1H3,(H2,13,14). The minimum absolute atomic E-state index is 0.598. The van der Waals surface area contributed by atoms with Crippen molar-refractivity contribution in [3.8, 4) is 0 Å². The van der Waals surface area contributed by atoms with Crippen LogP contribution in [-0.2, 0) is 6.42 Å². The molecule has 0 saturated carbocycles. The minimum atomic E-state index is 0.598. The van der Waals surface area contributed by atoms with Gasteiger partial charge in [0.25, 0.3) is 0 Å². The van der Waals surface area contributed by atoms with Crippen LogP contribution in [0.3, 0.4) is 0 Å². The Balaban J connectivity index is 2.64.